The minimum atomic E-state index is -1.58. The fraction of sp³-hybridized carbons (Fsp3) is 0.400. The van der Waals surface area contributed by atoms with Crippen molar-refractivity contribution in [2.24, 2.45) is 5.73 Å². The second-order valence-electron chi connectivity index (χ2n) is 5.15. The molecule has 0 bridgehead atoms. The topological polar surface area (TPSA) is 137 Å². The van der Waals surface area contributed by atoms with Crippen molar-refractivity contribution in [3.63, 3.8) is 0 Å². The molecule has 0 radical (unpaired) electrons. The van der Waals surface area contributed by atoms with Crippen molar-refractivity contribution in [3.05, 3.63) is 23.8 Å². The number of nitrogens with two attached hydrogens (primary N) is 1. The maximum atomic E-state index is 12.3. The molecule has 0 saturated carbocycles. The van der Waals surface area contributed by atoms with Gasteiger partial charge in [-0.3, -0.25) is 9.59 Å². The molecule has 0 heterocycles. The van der Waals surface area contributed by atoms with Crippen LogP contribution in [0.1, 0.15) is 17.3 Å². The number of carboxylic acid groups (broad SMARTS) is 1. The van der Waals surface area contributed by atoms with Crippen LogP contribution in [0.3, 0.4) is 0 Å². The second-order valence-corrected chi connectivity index (χ2v) is 5.15. The summed E-state index contributed by atoms with van der Waals surface area (Å²) in [6, 6.07) is 4.19. The Labute approximate surface area is 138 Å². The predicted octanol–water partition coefficient (Wildman–Crippen LogP) is -0.221. The Kier molecular flexibility index (Phi) is 6.54. The molecule has 4 N–H and O–H groups in total. The monoisotopic (exact) mass is 340 g/mol. The molecule has 0 fully saturated rings. The van der Waals surface area contributed by atoms with Crippen molar-refractivity contribution in [1.29, 1.82) is 0 Å². The summed E-state index contributed by atoms with van der Waals surface area (Å²) < 4.78 is 15.1. The molecule has 0 spiro atoms. The average molecular weight is 340 g/mol. The van der Waals surface area contributed by atoms with Gasteiger partial charge in [0.05, 0.1) is 13.7 Å². The van der Waals surface area contributed by atoms with Crippen LogP contribution in [-0.4, -0.2) is 55.9 Å². The van der Waals surface area contributed by atoms with Gasteiger partial charge < -0.3 is 30.4 Å². The summed E-state index contributed by atoms with van der Waals surface area (Å²) in [5.41, 5.74) is 3.57. The van der Waals surface area contributed by atoms with E-state index in [9.17, 15) is 19.5 Å². The summed E-state index contributed by atoms with van der Waals surface area (Å²) in [6.07, 6.45) is 0. The summed E-state index contributed by atoms with van der Waals surface area (Å²) in [7, 11) is 2.70. The third-order valence-corrected chi connectivity index (χ3v) is 3.09. The summed E-state index contributed by atoms with van der Waals surface area (Å²) in [5, 5.41) is 11.6. The van der Waals surface area contributed by atoms with Gasteiger partial charge in [0.2, 0.25) is 0 Å². The zero-order valence-corrected chi connectivity index (χ0v) is 13.6. The number of methoxy groups -OCH3 is 2. The van der Waals surface area contributed by atoms with E-state index in [1.807, 2.05) is 0 Å². The van der Waals surface area contributed by atoms with Crippen molar-refractivity contribution in [3.8, 4) is 11.5 Å². The van der Waals surface area contributed by atoms with E-state index in [2.05, 4.69) is 5.32 Å². The minimum absolute atomic E-state index is 0.154. The van der Waals surface area contributed by atoms with Gasteiger partial charge in [0.15, 0.2) is 23.6 Å². The average Bonchev–Trinajstić information content (AvgIpc) is 2.52. The summed E-state index contributed by atoms with van der Waals surface area (Å²) >= 11 is 0. The van der Waals surface area contributed by atoms with Crippen LogP contribution >= 0.6 is 0 Å². The van der Waals surface area contributed by atoms with E-state index in [0.29, 0.717) is 0 Å². The van der Waals surface area contributed by atoms with E-state index in [1.165, 1.54) is 39.3 Å². The molecule has 1 atom stereocenters. The Bertz CT molecular complexity index is 632. The highest BCUT2D eigenvalue weighted by Crippen LogP contribution is 2.28. The van der Waals surface area contributed by atoms with E-state index < -0.39 is 23.3 Å². The number of carbonyl (C=O) groups excluding carboxylic acids is 2. The molecule has 0 aliphatic rings. The fourth-order valence-electron chi connectivity index (χ4n) is 1.84. The largest absolute Gasteiger partial charge is 0.493 e. The third-order valence-electron chi connectivity index (χ3n) is 3.09. The van der Waals surface area contributed by atoms with Crippen molar-refractivity contribution in [2.75, 3.05) is 27.4 Å². The first-order valence-corrected chi connectivity index (χ1v) is 6.87. The normalized spacial score (nSPS) is 12.8. The molecule has 1 aromatic carbocycles. The third kappa shape index (κ3) is 4.85. The van der Waals surface area contributed by atoms with Gasteiger partial charge in [-0.25, -0.2) is 4.79 Å². The standard InChI is InChI=1S/C15H20N2O7/c1-15(8-22-2,14(20)21)17-13(19)9-4-5-10(11(6-9)23-3)24-7-12(16)18/h4-6H,7-8H2,1-3H3,(H2,16,18)(H,17,19)(H,20,21). The van der Waals surface area contributed by atoms with Crippen molar-refractivity contribution >= 4 is 17.8 Å². The molecule has 0 aliphatic carbocycles. The first-order chi connectivity index (χ1) is 11.2. The second kappa shape index (κ2) is 8.16. The molecule has 2 amide bonds. The van der Waals surface area contributed by atoms with Gasteiger partial charge in [-0.1, -0.05) is 0 Å². The lowest BCUT2D eigenvalue weighted by atomic mass is 10.0. The molecule has 9 nitrogen and oxygen atoms in total. The summed E-state index contributed by atoms with van der Waals surface area (Å²) in [5.74, 6) is -2.09. The molecule has 9 heteroatoms. The van der Waals surface area contributed by atoms with Crippen LogP contribution in [0.5, 0.6) is 11.5 Å². The lowest BCUT2D eigenvalue weighted by Gasteiger charge is -2.25. The number of carbonyl (C=O) groups is 3. The molecule has 0 aliphatic heterocycles. The quantitative estimate of drug-likeness (QED) is 0.565. The van der Waals surface area contributed by atoms with Gasteiger partial charge in [-0.2, -0.15) is 0 Å². The maximum Gasteiger partial charge on any atom is 0.331 e. The zero-order valence-electron chi connectivity index (χ0n) is 13.6. The van der Waals surface area contributed by atoms with E-state index >= 15 is 0 Å². The molecule has 0 aromatic heterocycles. The lowest BCUT2D eigenvalue weighted by Crippen LogP contribution is -2.55. The molecule has 24 heavy (non-hydrogen) atoms. The van der Waals surface area contributed by atoms with Gasteiger partial charge in [0.25, 0.3) is 11.8 Å². The van der Waals surface area contributed by atoms with Gasteiger partial charge in [0.1, 0.15) is 0 Å². The van der Waals surface area contributed by atoms with Gasteiger partial charge >= 0.3 is 5.97 Å². The van der Waals surface area contributed by atoms with E-state index in [1.54, 1.807) is 0 Å². The van der Waals surface area contributed by atoms with Gasteiger partial charge in [-0.15, -0.1) is 0 Å². The number of hydrogen-bond donors (Lipinski definition) is 3. The molecule has 1 aromatic rings. The van der Waals surface area contributed by atoms with Crippen molar-refractivity contribution < 1.29 is 33.7 Å². The van der Waals surface area contributed by atoms with Crippen LogP contribution in [0.2, 0.25) is 0 Å². The van der Waals surface area contributed by atoms with E-state index in [-0.39, 0.29) is 30.3 Å². The molecule has 1 unspecified atom stereocenters. The van der Waals surface area contributed by atoms with Crippen LogP contribution in [0.4, 0.5) is 0 Å². The number of amides is 2. The Morgan fingerprint density at radius 2 is 1.92 bits per heavy atom. The number of primary amides is 1. The number of benzene rings is 1. The highest BCUT2D eigenvalue weighted by atomic mass is 16.5. The number of aliphatic carboxylic acids is 1. The Balaban J connectivity index is 2.99. The predicted molar refractivity (Wildman–Crippen MR) is 83.1 cm³/mol. The van der Waals surface area contributed by atoms with Crippen LogP contribution in [-0.2, 0) is 14.3 Å². The molecule has 0 saturated heterocycles. The SMILES string of the molecule is COCC(C)(NC(=O)c1ccc(OCC(N)=O)c(OC)c1)C(=O)O. The first kappa shape index (κ1) is 19.2. The Morgan fingerprint density at radius 1 is 1.25 bits per heavy atom. The van der Waals surface area contributed by atoms with E-state index in [4.69, 9.17) is 19.9 Å². The van der Waals surface area contributed by atoms with Gasteiger partial charge in [0, 0.05) is 12.7 Å². The number of hydrogen-bond acceptors (Lipinski definition) is 6. The van der Waals surface area contributed by atoms with Crippen LogP contribution < -0.4 is 20.5 Å². The molecular formula is C15H20N2O7. The zero-order chi connectivity index (χ0) is 18.3. The number of carboxylic acids is 1. The van der Waals surface area contributed by atoms with Gasteiger partial charge in [-0.05, 0) is 25.1 Å². The molecular weight excluding hydrogens is 320 g/mol. The van der Waals surface area contributed by atoms with Crippen LogP contribution in [0.15, 0.2) is 18.2 Å². The van der Waals surface area contributed by atoms with E-state index in [0.717, 1.165) is 0 Å². The Hall–Kier alpha value is -2.81. The highest BCUT2D eigenvalue weighted by Gasteiger charge is 2.35. The Morgan fingerprint density at radius 3 is 2.42 bits per heavy atom. The maximum absolute atomic E-state index is 12.3. The lowest BCUT2D eigenvalue weighted by molar-refractivity contribution is -0.145. The first-order valence-electron chi connectivity index (χ1n) is 6.87. The fourth-order valence-corrected chi connectivity index (χ4v) is 1.84. The summed E-state index contributed by atoms with van der Waals surface area (Å²) in [6.45, 7) is 0.788. The van der Waals surface area contributed by atoms with Crippen molar-refractivity contribution in [1.82, 2.24) is 5.32 Å². The summed E-state index contributed by atoms with van der Waals surface area (Å²) in [4.78, 5) is 34.4. The highest BCUT2D eigenvalue weighted by molar-refractivity contribution is 5.98. The minimum Gasteiger partial charge on any atom is -0.493 e. The molecule has 1 rings (SSSR count). The molecule has 132 valence electrons. The number of rotatable bonds is 9. The van der Waals surface area contributed by atoms with Crippen LogP contribution in [0, 0.1) is 0 Å². The number of ether oxygens (including phenoxy) is 3. The van der Waals surface area contributed by atoms with Crippen LogP contribution in [0.25, 0.3) is 0 Å². The smallest absolute Gasteiger partial charge is 0.331 e. The van der Waals surface area contributed by atoms with Crippen molar-refractivity contribution in [2.45, 2.75) is 12.5 Å². The number of nitrogens with one attached hydrogen (secondary N) is 1.